The highest BCUT2D eigenvalue weighted by Crippen LogP contribution is 2.31. The van der Waals surface area contributed by atoms with Gasteiger partial charge in [-0.1, -0.05) is 11.6 Å². The first-order valence-electron chi connectivity index (χ1n) is 4.93. The van der Waals surface area contributed by atoms with E-state index in [4.69, 9.17) is 11.6 Å². The first kappa shape index (κ1) is 11.0. The van der Waals surface area contributed by atoms with Gasteiger partial charge in [0.25, 0.3) is 0 Å². The van der Waals surface area contributed by atoms with Crippen molar-refractivity contribution in [2.24, 2.45) is 0 Å². The Balaban J connectivity index is 2.17. The van der Waals surface area contributed by atoms with Crippen LogP contribution in [0, 0.1) is 0 Å². The molecule has 1 saturated heterocycles. The summed E-state index contributed by atoms with van der Waals surface area (Å²) in [6, 6.07) is 1.83. The molecule has 5 heteroatoms. The van der Waals surface area contributed by atoms with Crippen LogP contribution >= 0.6 is 23.4 Å². The highest BCUT2D eigenvalue weighted by molar-refractivity contribution is 8.00. The zero-order chi connectivity index (χ0) is 10.9. The molecule has 0 unspecified atom stereocenters. The Morgan fingerprint density at radius 1 is 1.47 bits per heavy atom. The van der Waals surface area contributed by atoms with Gasteiger partial charge in [-0.15, -0.1) is 0 Å². The fourth-order valence-electron chi connectivity index (χ4n) is 1.71. The molecule has 3 nitrogen and oxygen atoms in total. The smallest absolute Gasteiger partial charge is 0.134 e. The maximum atomic E-state index is 5.85. The summed E-state index contributed by atoms with van der Waals surface area (Å²) in [6.45, 7) is 6.55. The largest absolute Gasteiger partial charge is 0.354 e. The number of aromatic nitrogens is 2. The molecule has 82 valence electrons. The molecular weight excluding hydrogens is 230 g/mol. The van der Waals surface area contributed by atoms with Crippen LogP contribution in [-0.4, -0.2) is 33.6 Å². The summed E-state index contributed by atoms with van der Waals surface area (Å²) in [5, 5.41) is 0.510. The molecule has 1 aromatic rings. The second-order valence-corrected chi connectivity index (χ2v) is 6.42. The third-order valence-electron chi connectivity index (χ3n) is 2.37. The fourth-order valence-corrected chi connectivity index (χ4v) is 2.96. The van der Waals surface area contributed by atoms with E-state index in [-0.39, 0.29) is 4.75 Å². The van der Waals surface area contributed by atoms with Crippen molar-refractivity contribution in [1.82, 2.24) is 9.97 Å². The highest BCUT2D eigenvalue weighted by atomic mass is 35.5. The van der Waals surface area contributed by atoms with Gasteiger partial charge in [-0.05, 0) is 13.8 Å². The summed E-state index contributed by atoms with van der Waals surface area (Å²) in [4.78, 5) is 10.4. The van der Waals surface area contributed by atoms with Gasteiger partial charge in [-0.3, -0.25) is 0 Å². The molecule has 0 saturated carbocycles. The van der Waals surface area contributed by atoms with Gasteiger partial charge in [0, 0.05) is 29.7 Å². The first-order chi connectivity index (χ1) is 7.07. The van der Waals surface area contributed by atoms with E-state index in [0.717, 1.165) is 24.7 Å². The van der Waals surface area contributed by atoms with Crippen molar-refractivity contribution in [3.05, 3.63) is 17.5 Å². The van der Waals surface area contributed by atoms with E-state index in [1.54, 1.807) is 0 Å². The minimum atomic E-state index is 0.287. The number of rotatable bonds is 1. The van der Waals surface area contributed by atoms with E-state index in [1.165, 1.54) is 6.33 Å². The monoisotopic (exact) mass is 243 g/mol. The van der Waals surface area contributed by atoms with Gasteiger partial charge in [0.2, 0.25) is 0 Å². The van der Waals surface area contributed by atoms with Crippen molar-refractivity contribution in [3.8, 4) is 0 Å². The number of anilines is 1. The fraction of sp³-hybridized carbons (Fsp3) is 0.600. The van der Waals surface area contributed by atoms with E-state index in [1.807, 2.05) is 17.8 Å². The summed E-state index contributed by atoms with van der Waals surface area (Å²) < 4.78 is 0.287. The Kier molecular flexibility index (Phi) is 3.07. The van der Waals surface area contributed by atoms with Crippen LogP contribution in [0.2, 0.25) is 5.15 Å². The molecule has 0 amide bonds. The second kappa shape index (κ2) is 4.18. The van der Waals surface area contributed by atoms with Crippen LogP contribution in [0.3, 0.4) is 0 Å². The van der Waals surface area contributed by atoms with Crippen LogP contribution in [0.1, 0.15) is 13.8 Å². The maximum absolute atomic E-state index is 5.85. The molecule has 0 N–H and O–H groups in total. The van der Waals surface area contributed by atoms with Crippen LogP contribution in [0.25, 0.3) is 0 Å². The summed E-state index contributed by atoms with van der Waals surface area (Å²) in [5.74, 6) is 2.07. The molecule has 2 heterocycles. The number of hydrogen-bond acceptors (Lipinski definition) is 4. The maximum Gasteiger partial charge on any atom is 0.134 e. The van der Waals surface area contributed by atoms with Crippen LogP contribution in [0.15, 0.2) is 12.4 Å². The molecular formula is C10H14ClN3S. The predicted octanol–water partition coefficient (Wildman–Crippen LogP) is 2.46. The van der Waals surface area contributed by atoms with Gasteiger partial charge in [-0.25, -0.2) is 9.97 Å². The van der Waals surface area contributed by atoms with Crippen molar-refractivity contribution in [1.29, 1.82) is 0 Å². The van der Waals surface area contributed by atoms with E-state index in [9.17, 15) is 0 Å². The third kappa shape index (κ3) is 2.75. The zero-order valence-corrected chi connectivity index (χ0v) is 10.5. The Morgan fingerprint density at radius 2 is 2.27 bits per heavy atom. The number of thioether (sulfide) groups is 1. The molecule has 0 bridgehead atoms. The molecule has 0 atom stereocenters. The predicted molar refractivity (Wildman–Crippen MR) is 65.8 cm³/mol. The van der Waals surface area contributed by atoms with E-state index < -0.39 is 0 Å². The van der Waals surface area contributed by atoms with Crippen LogP contribution < -0.4 is 4.90 Å². The second-order valence-electron chi connectivity index (χ2n) is 4.23. The lowest BCUT2D eigenvalue weighted by Gasteiger charge is -2.38. The molecule has 0 radical (unpaired) electrons. The molecule has 1 aliphatic heterocycles. The normalized spacial score (nSPS) is 20.3. The van der Waals surface area contributed by atoms with Crippen LogP contribution in [-0.2, 0) is 0 Å². The highest BCUT2D eigenvalue weighted by Gasteiger charge is 2.27. The lowest BCUT2D eigenvalue weighted by atomic mass is 10.2. The lowest BCUT2D eigenvalue weighted by Crippen LogP contribution is -2.43. The zero-order valence-electron chi connectivity index (χ0n) is 8.90. The van der Waals surface area contributed by atoms with Crippen molar-refractivity contribution in [2.45, 2.75) is 18.6 Å². The third-order valence-corrected chi connectivity index (χ3v) is 3.87. The SMILES string of the molecule is CC1(C)CN(c2cc(Cl)ncn2)CCS1. The standard InChI is InChI=1S/C10H14ClN3S/c1-10(2)6-14(3-4-15-10)9-5-8(11)12-7-13-9/h5,7H,3-4,6H2,1-2H3. The average molecular weight is 244 g/mol. The van der Waals surface area contributed by atoms with Gasteiger partial charge in [0.15, 0.2) is 0 Å². The minimum absolute atomic E-state index is 0.287. The van der Waals surface area contributed by atoms with Crippen molar-refractivity contribution >= 4 is 29.2 Å². The Labute approximate surface area is 99.2 Å². The first-order valence-corrected chi connectivity index (χ1v) is 6.30. The minimum Gasteiger partial charge on any atom is -0.354 e. The van der Waals surface area contributed by atoms with E-state index in [2.05, 4.69) is 28.7 Å². The summed E-state index contributed by atoms with van der Waals surface area (Å²) in [5.41, 5.74) is 0. The lowest BCUT2D eigenvalue weighted by molar-refractivity contribution is 0.641. The number of hydrogen-bond donors (Lipinski definition) is 0. The van der Waals surface area contributed by atoms with Gasteiger partial charge in [-0.2, -0.15) is 11.8 Å². The van der Waals surface area contributed by atoms with Gasteiger partial charge in [0.1, 0.15) is 17.3 Å². The molecule has 0 aliphatic carbocycles. The molecule has 0 aromatic carbocycles. The van der Waals surface area contributed by atoms with E-state index in [0.29, 0.717) is 5.15 Å². The van der Waals surface area contributed by atoms with Crippen molar-refractivity contribution in [3.63, 3.8) is 0 Å². The van der Waals surface area contributed by atoms with Gasteiger partial charge >= 0.3 is 0 Å². The molecule has 0 spiro atoms. The van der Waals surface area contributed by atoms with Crippen LogP contribution in [0.5, 0.6) is 0 Å². The number of halogens is 1. The molecule has 1 aliphatic rings. The molecule has 15 heavy (non-hydrogen) atoms. The van der Waals surface area contributed by atoms with E-state index >= 15 is 0 Å². The van der Waals surface area contributed by atoms with Gasteiger partial charge < -0.3 is 4.90 Å². The summed E-state index contributed by atoms with van der Waals surface area (Å²) >= 11 is 7.86. The van der Waals surface area contributed by atoms with Gasteiger partial charge in [0.05, 0.1) is 0 Å². The topological polar surface area (TPSA) is 29.0 Å². The molecule has 2 rings (SSSR count). The summed E-state index contributed by atoms with van der Waals surface area (Å²) in [7, 11) is 0. The summed E-state index contributed by atoms with van der Waals surface area (Å²) in [6.07, 6.45) is 1.52. The van der Waals surface area contributed by atoms with Crippen molar-refractivity contribution in [2.75, 3.05) is 23.7 Å². The quantitative estimate of drug-likeness (QED) is 0.709. The Hall–Kier alpha value is -0.480. The van der Waals surface area contributed by atoms with Crippen LogP contribution in [0.4, 0.5) is 5.82 Å². The average Bonchev–Trinajstić information content (AvgIpc) is 2.16. The number of nitrogens with zero attached hydrogens (tertiary/aromatic N) is 3. The Morgan fingerprint density at radius 3 is 2.93 bits per heavy atom. The molecule has 1 aromatic heterocycles. The Bertz CT molecular complexity index is 356. The molecule has 1 fully saturated rings. The van der Waals surface area contributed by atoms with Crippen molar-refractivity contribution < 1.29 is 0 Å².